The summed E-state index contributed by atoms with van der Waals surface area (Å²) < 4.78 is 8.24. The molecule has 0 saturated heterocycles. The first kappa shape index (κ1) is 16.9. The Morgan fingerprint density at radius 2 is 1.82 bits per heavy atom. The maximum absolute atomic E-state index is 6.01. The van der Waals surface area contributed by atoms with Gasteiger partial charge in [0, 0.05) is 22.9 Å². The van der Waals surface area contributed by atoms with Crippen LogP contribution in [0.2, 0.25) is 5.02 Å². The number of rotatable bonds is 4. The van der Waals surface area contributed by atoms with Crippen LogP contribution in [0.5, 0.6) is 5.75 Å². The Morgan fingerprint density at radius 3 is 2.41 bits per heavy atom. The Hall–Kier alpha value is 0.01000. The van der Waals surface area contributed by atoms with Gasteiger partial charge in [0.25, 0.3) is 0 Å². The molecule has 0 unspecified atom stereocenters. The lowest BCUT2D eigenvalue weighted by Crippen LogP contribution is -2.01. The molecule has 2 nitrogen and oxygen atoms in total. The molecule has 0 aliphatic carbocycles. The van der Waals surface area contributed by atoms with Crippen LogP contribution >= 0.6 is 68.5 Å². The first-order valence-electron chi connectivity index (χ1n) is 6.67. The lowest BCUT2D eigenvalue weighted by atomic mass is 10.2. The second-order valence-corrected chi connectivity index (χ2v) is 8.56. The molecule has 114 valence electrons. The van der Waals surface area contributed by atoms with Crippen molar-refractivity contribution in [2.45, 2.75) is 6.61 Å². The van der Waals surface area contributed by atoms with E-state index in [-0.39, 0.29) is 0 Å². The van der Waals surface area contributed by atoms with E-state index in [4.69, 9.17) is 16.3 Å². The fourth-order valence-electron chi connectivity index (χ4n) is 2.07. The summed E-state index contributed by atoms with van der Waals surface area (Å²) in [6.07, 6.45) is 0. The number of aliphatic imine (C=N–C) groups is 1. The van der Waals surface area contributed by atoms with Gasteiger partial charge in [-0.05, 0) is 75.0 Å². The number of benzene rings is 2. The summed E-state index contributed by atoms with van der Waals surface area (Å²) in [6.45, 7) is 1.46. The third kappa shape index (κ3) is 4.10. The van der Waals surface area contributed by atoms with Crippen LogP contribution in [0.3, 0.4) is 0 Å². The average Bonchev–Trinajstić information content (AvgIpc) is 3.02. The predicted molar refractivity (Wildman–Crippen MR) is 112 cm³/mol. The van der Waals surface area contributed by atoms with Gasteiger partial charge in [0.2, 0.25) is 0 Å². The summed E-state index contributed by atoms with van der Waals surface area (Å²) in [5, 5.41) is 1.88. The van der Waals surface area contributed by atoms with Gasteiger partial charge in [0.15, 0.2) is 0 Å². The third-order valence-electron chi connectivity index (χ3n) is 3.13. The Bertz CT molecular complexity index is 696. The first-order chi connectivity index (χ1) is 10.6. The number of hydrogen-bond acceptors (Lipinski definition) is 3. The molecular formula is C16H12ClI2NOS. The van der Waals surface area contributed by atoms with Crippen LogP contribution in [-0.4, -0.2) is 17.3 Å². The molecule has 1 heterocycles. The van der Waals surface area contributed by atoms with Gasteiger partial charge < -0.3 is 4.74 Å². The standard InChI is InChI=1S/C16H12ClI2NOS/c17-12-3-1-10(2-4-12)9-21-15-13(18)7-11(8-14(15)19)16-20-5-6-22-16/h1-4,7-8H,5-6,9H2. The third-order valence-corrected chi connectivity index (χ3v) is 6.01. The quantitative estimate of drug-likeness (QED) is 0.457. The van der Waals surface area contributed by atoms with E-state index in [2.05, 4.69) is 62.3 Å². The molecule has 1 aliphatic rings. The van der Waals surface area contributed by atoms with Crippen molar-refractivity contribution in [1.82, 2.24) is 0 Å². The van der Waals surface area contributed by atoms with Gasteiger partial charge in [-0.1, -0.05) is 23.7 Å². The van der Waals surface area contributed by atoms with Crippen LogP contribution in [0.25, 0.3) is 0 Å². The molecule has 3 rings (SSSR count). The molecule has 0 fully saturated rings. The molecule has 2 aromatic carbocycles. The van der Waals surface area contributed by atoms with E-state index in [1.807, 2.05) is 36.0 Å². The second kappa shape index (κ2) is 7.72. The lowest BCUT2D eigenvalue weighted by molar-refractivity contribution is 0.302. The van der Waals surface area contributed by atoms with Crippen molar-refractivity contribution in [3.8, 4) is 5.75 Å². The zero-order valence-electron chi connectivity index (χ0n) is 11.5. The number of nitrogens with zero attached hydrogens (tertiary/aromatic N) is 1. The summed E-state index contributed by atoms with van der Waals surface area (Å²) in [5.74, 6) is 2.01. The molecule has 0 N–H and O–H groups in total. The minimum absolute atomic E-state index is 0.540. The molecular weight excluding hydrogens is 544 g/mol. The van der Waals surface area contributed by atoms with Crippen molar-refractivity contribution in [3.05, 3.63) is 59.7 Å². The highest BCUT2D eigenvalue weighted by Crippen LogP contribution is 2.32. The zero-order chi connectivity index (χ0) is 15.5. The van der Waals surface area contributed by atoms with Gasteiger partial charge >= 0.3 is 0 Å². The van der Waals surface area contributed by atoms with E-state index >= 15 is 0 Å². The van der Waals surface area contributed by atoms with E-state index in [0.717, 1.165) is 40.8 Å². The minimum atomic E-state index is 0.540. The van der Waals surface area contributed by atoms with Gasteiger partial charge in [-0.15, -0.1) is 11.8 Å². The zero-order valence-corrected chi connectivity index (χ0v) is 17.4. The van der Waals surface area contributed by atoms with Gasteiger partial charge in [-0.25, -0.2) is 0 Å². The second-order valence-electron chi connectivity index (χ2n) is 4.72. The van der Waals surface area contributed by atoms with Gasteiger partial charge in [0.05, 0.1) is 12.2 Å². The molecule has 1 aliphatic heterocycles. The highest BCUT2D eigenvalue weighted by Gasteiger charge is 2.15. The summed E-state index contributed by atoms with van der Waals surface area (Å²) in [7, 11) is 0. The lowest BCUT2D eigenvalue weighted by Gasteiger charge is -2.12. The van der Waals surface area contributed by atoms with E-state index in [1.54, 1.807) is 0 Å². The smallest absolute Gasteiger partial charge is 0.146 e. The predicted octanol–water partition coefficient (Wildman–Crippen LogP) is 5.62. The molecule has 6 heteroatoms. The van der Waals surface area contributed by atoms with Gasteiger partial charge in [0.1, 0.15) is 12.4 Å². The van der Waals surface area contributed by atoms with Crippen LogP contribution in [0.15, 0.2) is 41.4 Å². The van der Waals surface area contributed by atoms with E-state index < -0.39 is 0 Å². The fraction of sp³-hybridized carbons (Fsp3) is 0.188. The number of halogens is 3. The Balaban J connectivity index is 1.77. The molecule has 0 spiro atoms. The van der Waals surface area contributed by atoms with E-state index in [1.165, 1.54) is 5.56 Å². The topological polar surface area (TPSA) is 21.6 Å². The molecule has 0 bridgehead atoms. The summed E-state index contributed by atoms with van der Waals surface area (Å²) in [5.41, 5.74) is 2.30. The van der Waals surface area contributed by atoms with Crippen LogP contribution in [-0.2, 0) is 6.61 Å². The van der Waals surface area contributed by atoms with E-state index in [0.29, 0.717) is 6.61 Å². The van der Waals surface area contributed by atoms with Crippen molar-refractivity contribution in [1.29, 1.82) is 0 Å². The number of hydrogen-bond donors (Lipinski definition) is 0. The summed E-state index contributed by atoms with van der Waals surface area (Å²) >= 11 is 12.4. The van der Waals surface area contributed by atoms with Crippen molar-refractivity contribution >= 4 is 73.6 Å². The highest BCUT2D eigenvalue weighted by atomic mass is 127. The van der Waals surface area contributed by atoms with Gasteiger partial charge in [-0.2, -0.15) is 0 Å². The summed E-state index contributed by atoms with van der Waals surface area (Å²) in [4.78, 5) is 4.54. The minimum Gasteiger partial charge on any atom is -0.487 e. The first-order valence-corrected chi connectivity index (χ1v) is 10.2. The SMILES string of the molecule is Clc1ccc(COc2c(I)cc(C3=NCCS3)cc2I)cc1. The van der Waals surface area contributed by atoms with Crippen molar-refractivity contribution < 1.29 is 4.74 Å². The Labute approximate surface area is 166 Å². The van der Waals surface area contributed by atoms with Crippen LogP contribution in [0.4, 0.5) is 0 Å². The molecule has 0 saturated carbocycles. The van der Waals surface area contributed by atoms with Crippen LogP contribution in [0.1, 0.15) is 11.1 Å². The maximum atomic E-state index is 6.01. The fourth-order valence-corrected chi connectivity index (χ4v) is 5.12. The van der Waals surface area contributed by atoms with Crippen LogP contribution < -0.4 is 4.74 Å². The van der Waals surface area contributed by atoms with Crippen molar-refractivity contribution in [2.75, 3.05) is 12.3 Å². The Kier molecular flexibility index (Phi) is 5.91. The number of thioether (sulfide) groups is 1. The average molecular weight is 556 g/mol. The number of ether oxygens (including phenoxy) is 1. The van der Waals surface area contributed by atoms with Crippen molar-refractivity contribution in [2.24, 2.45) is 4.99 Å². The summed E-state index contributed by atoms with van der Waals surface area (Å²) in [6, 6.07) is 12.0. The van der Waals surface area contributed by atoms with Gasteiger partial charge in [-0.3, -0.25) is 4.99 Å². The molecule has 22 heavy (non-hydrogen) atoms. The van der Waals surface area contributed by atoms with E-state index in [9.17, 15) is 0 Å². The molecule has 2 aromatic rings. The van der Waals surface area contributed by atoms with Crippen LogP contribution in [0, 0.1) is 7.14 Å². The molecule has 0 aromatic heterocycles. The highest BCUT2D eigenvalue weighted by molar-refractivity contribution is 14.1. The largest absolute Gasteiger partial charge is 0.487 e. The monoisotopic (exact) mass is 555 g/mol. The van der Waals surface area contributed by atoms with Crippen molar-refractivity contribution in [3.63, 3.8) is 0 Å². The molecule has 0 amide bonds. The Morgan fingerprint density at radius 1 is 1.14 bits per heavy atom. The normalized spacial score (nSPS) is 14.0. The molecule has 0 radical (unpaired) electrons. The maximum Gasteiger partial charge on any atom is 0.146 e. The molecule has 0 atom stereocenters.